The molecular weight excluding hydrogens is 356 g/mol. The lowest BCUT2D eigenvalue weighted by atomic mass is 9.75. The SMILES string of the molecule is CC1(C)C(=C2C3=C(CCCC3=O)OC2(c2ccccc2)c2ccccc2)C1(C)C. The maximum atomic E-state index is 13.2. The predicted molar refractivity (Wildman–Crippen MR) is 115 cm³/mol. The largest absolute Gasteiger partial charge is 0.477 e. The van der Waals surface area contributed by atoms with E-state index in [9.17, 15) is 4.79 Å². The molecule has 0 spiro atoms. The maximum Gasteiger partial charge on any atom is 0.184 e. The van der Waals surface area contributed by atoms with Crippen molar-refractivity contribution in [3.63, 3.8) is 0 Å². The van der Waals surface area contributed by atoms with E-state index >= 15 is 0 Å². The Morgan fingerprint density at radius 2 is 1.28 bits per heavy atom. The fraction of sp³-hybridized carbons (Fsp3) is 0.370. The molecule has 0 aromatic heterocycles. The molecule has 2 aromatic carbocycles. The molecule has 2 aliphatic carbocycles. The smallest absolute Gasteiger partial charge is 0.184 e. The molecule has 2 nitrogen and oxygen atoms in total. The highest BCUT2D eigenvalue weighted by atomic mass is 16.5. The van der Waals surface area contributed by atoms with E-state index in [1.807, 2.05) is 12.1 Å². The van der Waals surface area contributed by atoms with Crippen LogP contribution in [-0.4, -0.2) is 5.78 Å². The van der Waals surface area contributed by atoms with Gasteiger partial charge >= 0.3 is 0 Å². The third-order valence-corrected chi connectivity index (χ3v) is 7.60. The predicted octanol–water partition coefficient (Wildman–Crippen LogP) is 6.33. The van der Waals surface area contributed by atoms with Crippen molar-refractivity contribution in [3.8, 4) is 0 Å². The Balaban J connectivity index is 1.89. The average Bonchev–Trinajstić information content (AvgIpc) is 2.99. The van der Waals surface area contributed by atoms with Gasteiger partial charge in [-0.15, -0.1) is 0 Å². The van der Waals surface area contributed by atoms with Crippen LogP contribution in [0.4, 0.5) is 0 Å². The van der Waals surface area contributed by atoms with Gasteiger partial charge < -0.3 is 4.74 Å². The van der Waals surface area contributed by atoms with Crippen molar-refractivity contribution in [1.29, 1.82) is 0 Å². The zero-order chi connectivity index (χ0) is 20.4. The van der Waals surface area contributed by atoms with Crippen molar-refractivity contribution < 1.29 is 9.53 Å². The van der Waals surface area contributed by atoms with Gasteiger partial charge in [0.1, 0.15) is 5.76 Å². The highest BCUT2D eigenvalue weighted by molar-refractivity contribution is 6.03. The molecule has 0 unspecified atom stereocenters. The molecule has 0 atom stereocenters. The second kappa shape index (κ2) is 5.95. The van der Waals surface area contributed by atoms with E-state index in [0.717, 1.165) is 40.9 Å². The zero-order valence-corrected chi connectivity index (χ0v) is 17.7. The number of rotatable bonds is 2. The molecule has 1 fully saturated rings. The normalized spacial score (nSPS) is 23.7. The van der Waals surface area contributed by atoms with E-state index < -0.39 is 5.60 Å². The van der Waals surface area contributed by atoms with E-state index in [2.05, 4.69) is 76.2 Å². The van der Waals surface area contributed by atoms with Crippen LogP contribution in [0.1, 0.15) is 58.1 Å². The number of ether oxygens (including phenoxy) is 1. The summed E-state index contributed by atoms with van der Waals surface area (Å²) < 4.78 is 6.90. The molecule has 1 aliphatic heterocycles. The first-order chi connectivity index (χ1) is 13.8. The molecule has 29 heavy (non-hydrogen) atoms. The lowest BCUT2D eigenvalue weighted by molar-refractivity contribution is -0.115. The first kappa shape index (κ1) is 18.4. The Kier molecular flexibility index (Phi) is 3.78. The Bertz CT molecular complexity index is 997. The third-order valence-electron chi connectivity index (χ3n) is 7.60. The molecule has 2 aromatic rings. The van der Waals surface area contributed by atoms with Gasteiger partial charge in [-0.25, -0.2) is 0 Å². The first-order valence-electron chi connectivity index (χ1n) is 10.6. The van der Waals surface area contributed by atoms with Crippen LogP contribution in [0.2, 0.25) is 0 Å². The Labute approximate surface area is 173 Å². The van der Waals surface area contributed by atoms with Gasteiger partial charge in [-0.3, -0.25) is 4.79 Å². The molecule has 0 amide bonds. The second-order valence-electron chi connectivity index (χ2n) is 9.59. The van der Waals surface area contributed by atoms with Gasteiger partial charge in [0.15, 0.2) is 11.4 Å². The molecule has 1 saturated carbocycles. The van der Waals surface area contributed by atoms with Crippen LogP contribution in [0.15, 0.2) is 83.1 Å². The van der Waals surface area contributed by atoms with Gasteiger partial charge in [-0.2, -0.15) is 0 Å². The molecule has 2 heteroatoms. The van der Waals surface area contributed by atoms with Crippen LogP contribution in [0.25, 0.3) is 0 Å². The molecule has 148 valence electrons. The van der Waals surface area contributed by atoms with Crippen molar-refractivity contribution in [3.05, 3.63) is 94.3 Å². The lowest BCUT2D eigenvalue weighted by Gasteiger charge is -2.33. The molecule has 0 N–H and O–H groups in total. The third kappa shape index (κ3) is 2.32. The van der Waals surface area contributed by atoms with Gasteiger partial charge in [-0.05, 0) is 22.8 Å². The van der Waals surface area contributed by atoms with Crippen LogP contribution >= 0.6 is 0 Å². The van der Waals surface area contributed by atoms with Gasteiger partial charge in [-0.1, -0.05) is 88.4 Å². The van der Waals surface area contributed by atoms with Gasteiger partial charge in [0.2, 0.25) is 0 Å². The summed E-state index contributed by atoms with van der Waals surface area (Å²) in [6, 6.07) is 20.9. The average molecular weight is 385 g/mol. The van der Waals surface area contributed by atoms with Gasteiger partial charge in [0.25, 0.3) is 0 Å². The summed E-state index contributed by atoms with van der Waals surface area (Å²) >= 11 is 0. The zero-order valence-electron chi connectivity index (χ0n) is 17.7. The molecule has 0 radical (unpaired) electrons. The highest BCUT2D eigenvalue weighted by Crippen LogP contribution is 2.73. The second-order valence-corrected chi connectivity index (χ2v) is 9.59. The maximum absolute atomic E-state index is 13.2. The van der Waals surface area contributed by atoms with Crippen molar-refractivity contribution in [2.45, 2.75) is 52.6 Å². The molecule has 0 saturated heterocycles. The van der Waals surface area contributed by atoms with Crippen molar-refractivity contribution in [2.24, 2.45) is 10.8 Å². The number of hydrogen-bond acceptors (Lipinski definition) is 2. The van der Waals surface area contributed by atoms with Crippen molar-refractivity contribution >= 4 is 5.78 Å². The fourth-order valence-corrected chi connectivity index (χ4v) is 5.48. The van der Waals surface area contributed by atoms with Crippen LogP contribution in [0.3, 0.4) is 0 Å². The molecule has 1 heterocycles. The Morgan fingerprint density at radius 1 is 0.759 bits per heavy atom. The monoisotopic (exact) mass is 384 g/mol. The number of carbonyl (C=O) groups is 1. The topological polar surface area (TPSA) is 26.3 Å². The highest BCUT2D eigenvalue weighted by Gasteiger charge is 2.66. The van der Waals surface area contributed by atoms with Crippen LogP contribution in [0, 0.1) is 10.8 Å². The van der Waals surface area contributed by atoms with Crippen LogP contribution in [-0.2, 0) is 15.1 Å². The summed E-state index contributed by atoms with van der Waals surface area (Å²) in [6.07, 6.45) is 2.31. The van der Waals surface area contributed by atoms with E-state index in [-0.39, 0.29) is 16.6 Å². The first-order valence-corrected chi connectivity index (χ1v) is 10.6. The molecule has 3 aliphatic rings. The minimum absolute atomic E-state index is 0.0285. The van der Waals surface area contributed by atoms with E-state index in [1.54, 1.807) is 0 Å². The van der Waals surface area contributed by atoms with Crippen LogP contribution < -0.4 is 0 Å². The number of allylic oxidation sites excluding steroid dienone is 2. The lowest BCUT2D eigenvalue weighted by Crippen LogP contribution is -2.31. The molecule has 5 rings (SSSR count). The molecule has 0 bridgehead atoms. The summed E-state index contributed by atoms with van der Waals surface area (Å²) in [5, 5.41) is 0. The fourth-order valence-electron chi connectivity index (χ4n) is 5.48. The minimum atomic E-state index is -0.756. The standard InChI is InChI=1S/C27H28O2/c1-25(2)24(26(25,3)4)23-22-20(28)16-11-17-21(22)29-27(23,18-12-7-5-8-13-18)19-14-9-6-10-15-19/h5-10,12-15H,11,16-17H2,1-4H3. The summed E-state index contributed by atoms with van der Waals surface area (Å²) in [5.41, 5.74) is 4.82. The van der Waals surface area contributed by atoms with E-state index in [0.29, 0.717) is 6.42 Å². The number of hydrogen-bond donors (Lipinski definition) is 0. The van der Waals surface area contributed by atoms with E-state index in [4.69, 9.17) is 4.74 Å². The number of Topliss-reactive ketones (excluding diaryl/α,β-unsaturated/α-hetero) is 1. The number of carbonyl (C=O) groups excluding carboxylic acids is 1. The van der Waals surface area contributed by atoms with Crippen LogP contribution in [0.5, 0.6) is 0 Å². The van der Waals surface area contributed by atoms with Gasteiger partial charge in [0, 0.05) is 29.5 Å². The Morgan fingerprint density at radius 3 is 1.76 bits per heavy atom. The Hall–Kier alpha value is -2.61. The summed E-state index contributed by atoms with van der Waals surface area (Å²) in [5.74, 6) is 1.12. The van der Waals surface area contributed by atoms with Crippen molar-refractivity contribution in [1.82, 2.24) is 0 Å². The number of ketones is 1. The quantitative estimate of drug-likeness (QED) is 0.605. The summed E-state index contributed by atoms with van der Waals surface area (Å²) in [7, 11) is 0. The minimum Gasteiger partial charge on any atom is -0.477 e. The number of benzene rings is 2. The summed E-state index contributed by atoms with van der Waals surface area (Å²) in [6.45, 7) is 9.17. The summed E-state index contributed by atoms with van der Waals surface area (Å²) in [4.78, 5) is 13.2. The van der Waals surface area contributed by atoms with Gasteiger partial charge in [0.05, 0.1) is 5.57 Å². The van der Waals surface area contributed by atoms with E-state index in [1.165, 1.54) is 5.57 Å². The van der Waals surface area contributed by atoms with Crippen molar-refractivity contribution in [2.75, 3.05) is 0 Å². The molecular formula is C27H28O2.